The average molecular weight is 870 g/mol. The molecule has 0 bridgehead atoms. The molecule has 6 rings (SSSR count). The van der Waals surface area contributed by atoms with E-state index in [-0.39, 0.29) is 60.7 Å². The molecule has 3 heterocycles. The number of nitriles is 1. The quantitative estimate of drug-likeness (QED) is 0.0451. The molecule has 2 aromatic heterocycles. The number of benzene rings is 3. The van der Waals surface area contributed by atoms with Crippen LogP contribution in [0, 0.1) is 17.2 Å². The molecule has 1 aliphatic rings. The molecular formula is C45H56N7O9P. The predicted molar refractivity (Wildman–Crippen MR) is 235 cm³/mol. The number of imidazole rings is 1. The van der Waals surface area contributed by atoms with Gasteiger partial charge in [-0.15, -0.1) is 0 Å². The molecule has 2 unspecified atom stereocenters. The molecule has 330 valence electrons. The van der Waals surface area contributed by atoms with Gasteiger partial charge in [0, 0.05) is 25.1 Å². The SMILES string of the molecule is COc1ccc(C(OC[C@H]2O[C@@H](n3cnc4c(=O)[nH]c(NC(=O)C(C)C)nc43)C(OC)[C@H]2OP(OCCC#N)N(C(C)C)C(C)C)(c2ccccc2)c2ccc(OC)cc2)cc1. The van der Waals surface area contributed by atoms with Crippen molar-refractivity contribution in [2.75, 3.05) is 39.9 Å². The minimum atomic E-state index is -1.81. The Balaban J connectivity index is 1.50. The van der Waals surface area contributed by atoms with Gasteiger partial charge in [0.15, 0.2) is 17.4 Å². The van der Waals surface area contributed by atoms with Crippen molar-refractivity contribution in [1.29, 1.82) is 5.26 Å². The number of methoxy groups -OCH3 is 3. The van der Waals surface area contributed by atoms with Crippen LogP contribution in [0.5, 0.6) is 11.5 Å². The fourth-order valence-corrected chi connectivity index (χ4v) is 9.33. The Morgan fingerprint density at radius 2 is 1.52 bits per heavy atom. The van der Waals surface area contributed by atoms with Crippen molar-refractivity contribution in [1.82, 2.24) is 24.2 Å². The lowest BCUT2D eigenvalue weighted by molar-refractivity contribution is -0.118. The molecule has 3 aromatic carbocycles. The first-order chi connectivity index (χ1) is 29.9. The van der Waals surface area contributed by atoms with E-state index in [1.165, 1.54) is 6.33 Å². The van der Waals surface area contributed by atoms with Crippen molar-refractivity contribution in [3.63, 3.8) is 0 Å². The number of carbonyl (C=O) groups excluding carboxylic acids is 1. The van der Waals surface area contributed by atoms with Crippen LogP contribution in [0.1, 0.15) is 70.9 Å². The number of amides is 1. The Labute approximate surface area is 363 Å². The van der Waals surface area contributed by atoms with Crippen LogP contribution in [0.2, 0.25) is 0 Å². The second-order valence-corrected chi connectivity index (χ2v) is 17.0. The Hall–Kier alpha value is -5.24. The Kier molecular flexibility index (Phi) is 15.5. The van der Waals surface area contributed by atoms with Crippen molar-refractivity contribution in [2.24, 2.45) is 5.92 Å². The zero-order valence-electron chi connectivity index (χ0n) is 36.6. The van der Waals surface area contributed by atoms with E-state index >= 15 is 0 Å². The summed E-state index contributed by atoms with van der Waals surface area (Å²) in [6, 6.07) is 27.5. The summed E-state index contributed by atoms with van der Waals surface area (Å²) >= 11 is 0. The number of anilines is 1. The molecule has 0 spiro atoms. The molecule has 62 heavy (non-hydrogen) atoms. The fourth-order valence-electron chi connectivity index (χ4n) is 7.56. The van der Waals surface area contributed by atoms with E-state index in [2.05, 4.69) is 58.7 Å². The average Bonchev–Trinajstić information content (AvgIpc) is 3.85. The van der Waals surface area contributed by atoms with Crippen molar-refractivity contribution in [3.05, 3.63) is 112 Å². The maximum atomic E-state index is 13.3. The number of nitrogens with one attached hydrogen (secondary N) is 2. The predicted octanol–water partition coefficient (Wildman–Crippen LogP) is 7.31. The lowest BCUT2D eigenvalue weighted by atomic mass is 9.80. The minimum Gasteiger partial charge on any atom is -0.497 e. The summed E-state index contributed by atoms with van der Waals surface area (Å²) in [6.07, 6.45) is -1.86. The van der Waals surface area contributed by atoms with Crippen molar-refractivity contribution in [2.45, 2.75) is 90.2 Å². The van der Waals surface area contributed by atoms with Crippen molar-refractivity contribution < 1.29 is 37.5 Å². The van der Waals surface area contributed by atoms with Crippen LogP contribution in [0.3, 0.4) is 0 Å². The third kappa shape index (κ3) is 9.85. The van der Waals surface area contributed by atoms with Crippen LogP contribution < -0.4 is 20.3 Å². The monoisotopic (exact) mass is 869 g/mol. The van der Waals surface area contributed by atoms with E-state index in [1.807, 2.05) is 78.9 Å². The number of aromatic nitrogens is 4. The van der Waals surface area contributed by atoms with E-state index in [9.17, 15) is 14.9 Å². The topological polar surface area (TPSA) is 184 Å². The highest BCUT2D eigenvalue weighted by atomic mass is 31.2. The van der Waals surface area contributed by atoms with Gasteiger partial charge < -0.3 is 32.7 Å². The van der Waals surface area contributed by atoms with Crippen LogP contribution in [0.15, 0.2) is 90.0 Å². The highest BCUT2D eigenvalue weighted by Gasteiger charge is 2.51. The highest BCUT2D eigenvalue weighted by Crippen LogP contribution is 2.51. The Morgan fingerprint density at radius 3 is 2.05 bits per heavy atom. The standard InChI is InChI=1S/C45H56N7O9P/c1-28(2)41(53)49-44-48-40-37(42(54)50-44)47-27-51(40)43-39(57-9)38(61-62(59-25-13-24-46)52(29(3)4)30(5)6)36(60-43)26-58-45(31-14-11-10-12-15-31,32-16-20-34(55-7)21-17-32)33-18-22-35(56-8)23-19-33/h10-12,14-23,27-30,36,38-39,43H,13,25-26H2,1-9H3,(H2,48,49,50,53,54)/t36-,38+,39?,43-,62?/m1/s1. The molecule has 5 atom stereocenters. The van der Waals surface area contributed by atoms with Gasteiger partial charge in [0.2, 0.25) is 11.9 Å². The third-order valence-electron chi connectivity index (χ3n) is 10.5. The summed E-state index contributed by atoms with van der Waals surface area (Å²) in [6.45, 7) is 11.8. The van der Waals surface area contributed by atoms with Gasteiger partial charge in [-0.05, 0) is 68.7 Å². The van der Waals surface area contributed by atoms with Gasteiger partial charge in [0.25, 0.3) is 14.1 Å². The first-order valence-electron chi connectivity index (χ1n) is 20.6. The maximum Gasteiger partial charge on any atom is 0.280 e. The maximum absolute atomic E-state index is 13.3. The minimum absolute atomic E-state index is 0.000808. The Bertz CT molecular complexity index is 2280. The number of hydrogen-bond donors (Lipinski definition) is 2. The van der Waals surface area contributed by atoms with Gasteiger partial charge in [-0.3, -0.25) is 24.5 Å². The van der Waals surface area contributed by atoms with Crippen LogP contribution in [-0.4, -0.2) is 95.0 Å². The lowest BCUT2D eigenvalue weighted by Gasteiger charge is -2.39. The zero-order valence-corrected chi connectivity index (χ0v) is 37.5. The molecule has 1 saturated heterocycles. The molecule has 1 aliphatic heterocycles. The van der Waals surface area contributed by atoms with E-state index in [0.29, 0.717) is 11.5 Å². The van der Waals surface area contributed by atoms with Crippen LogP contribution in [0.25, 0.3) is 11.2 Å². The van der Waals surface area contributed by atoms with Gasteiger partial charge in [0.05, 0.1) is 46.3 Å². The van der Waals surface area contributed by atoms with E-state index in [4.69, 9.17) is 32.7 Å². The van der Waals surface area contributed by atoms with Crippen molar-refractivity contribution >= 4 is 31.5 Å². The van der Waals surface area contributed by atoms with Gasteiger partial charge >= 0.3 is 0 Å². The largest absolute Gasteiger partial charge is 0.497 e. The molecule has 2 N–H and O–H groups in total. The number of nitrogens with zero attached hydrogens (tertiary/aromatic N) is 5. The summed E-state index contributed by atoms with van der Waals surface area (Å²) < 4.78 is 49.0. The van der Waals surface area contributed by atoms with E-state index in [1.54, 1.807) is 39.7 Å². The van der Waals surface area contributed by atoms with E-state index < -0.39 is 44.2 Å². The molecule has 0 radical (unpaired) electrons. The number of rotatable bonds is 20. The number of fused-ring (bicyclic) bond motifs is 1. The molecule has 1 amide bonds. The lowest BCUT2D eigenvalue weighted by Crippen LogP contribution is -2.42. The number of ether oxygens (including phenoxy) is 5. The molecule has 0 aliphatic carbocycles. The van der Waals surface area contributed by atoms with Crippen molar-refractivity contribution in [3.8, 4) is 17.6 Å². The van der Waals surface area contributed by atoms with E-state index in [0.717, 1.165) is 16.7 Å². The van der Waals surface area contributed by atoms with Gasteiger partial charge in [-0.1, -0.05) is 68.4 Å². The first kappa shape index (κ1) is 46.3. The van der Waals surface area contributed by atoms with Gasteiger partial charge in [-0.2, -0.15) is 10.2 Å². The van der Waals surface area contributed by atoms with Crippen LogP contribution in [-0.2, 0) is 33.7 Å². The van der Waals surface area contributed by atoms with Crippen LogP contribution >= 0.6 is 8.53 Å². The smallest absolute Gasteiger partial charge is 0.280 e. The summed E-state index contributed by atoms with van der Waals surface area (Å²) in [5.41, 5.74) is 0.934. The summed E-state index contributed by atoms with van der Waals surface area (Å²) in [5, 5.41) is 12.1. The van der Waals surface area contributed by atoms with Gasteiger partial charge in [0.1, 0.15) is 35.4 Å². The van der Waals surface area contributed by atoms with Crippen LogP contribution in [0.4, 0.5) is 5.95 Å². The normalized spacial score (nSPS) is 18.5. The zero-order chi connectivity index (χ0) is 44.6. The molecule has 0 saturated carbocycles. The molecular weight excluding hydrogens is 814 g/mol. The Morgan fingerprint density at radius 1 is 0.919 bits per heavy atom. The molecule has 17 heteroatoms. The summed E-state index contributed by atoms with van der Waals surface area (Å²) in [4.78, 5) is 37.7. The molecule has 16 nitrogen and oxygen atoms in total. The number of H-pyrrole nitrogens is 1. The second kappa shape index (κ2) is 20.8. The highest BCUT2D eigenvalue weighted by molar-refractivity contribution is 7.44. The number of carbonyl (C=O) groups is 1. The second-order valence-electron chi connectivity index (χ2n) is 15.6. The fraction of sp³-hybridized carbons (Fsp3) is 0.444. The number of aromatic amines is 1. The first-order valence-corrected chi connectivity index (χ1v) is 21.7. The third-order valence-corrected chi connectivity index (χ3v) is 12.7. The molecule has 5 aromatic rings. The molecule has 1 fully saturated rings. The summed E-state index contributed by atoms with van der Waals surface area (Å²) in [7, 11) is 2.99. The number of hydrogen-bond acceptors (Lipinski definition) is 13. The summed E-state index contributed by atoms with van der Waals surface area (Å²) in [5.74, 6) is 0.640. The van der Waals surface area contributed by atoms with Gasteiger partial charge in [-0.25, -0.2) is 9.65 Å².